The van der Waals surface area contributed by atoms with Gasteiger partial charge in [-0.1, -0.05) is 12.1 Å². The molecule has 6 heteroatoms. The van der Waals surface area contributed by atoms with Gasteiger partial charge in [0.1, 0.15) is 10.4 Å². The van der Waals surface area contributed by atoms with Crippen molar-refractivity contribution in [2.45, 2.75) is 30.4 Å². The highest BCUT2D eigenvalue weighted by atomic mass is 32.2. The Morgan fingerprint density at radius 3 is 2.65 bits per heavy atom. The van der Waals surface area contributed by atoms with Gasteiger partial charge in [-0.05, 0) is 50.6 Å². The number of fused-ring (bicyclic) bond motifs is 1. The number of esters is 1. The number of thioether (sulfide) groups is 1. The van der Waals surface area contributed by atoms with Crippen LogP contribution in [0.5, 0.6) is 0 Å². The Hall–Kier alpha value is -2.78. The molecule has 0 fully saturated rings. The lowest BCUT2D eigenvalue weighted by Gasteiger charge is -2.23. The molecule has 0 unspecified atom stereocenters. The maximum atomic E-state index is 12.3. The molecule has 2 aromatic heterocycles. The van der Waals surface area contributed by atoms with Crippen LogP contribution in [-0.2, 0) is 9.53 Å². The quantitative estimate of drug-likeness (QED) is 0.498. The first-order chi connectivity index (χ1) is 12.5. The van der Waals surface area contributed by atoms with Crippen LogP contribution >= 0.6 is 11.8 Å². The third-order valence-electron chi connectivity index (χ3n) is 3.95. The van der Waals surface area contributed by atoms with E-state index in [0.29, 0.717) is 12.2 Å². The van der Waals surface area contributed by atoms with Crippen LogP contribution in [0.1, 0.15) is 26.3 Å². The molecule has 0 aliphatic carbocycles. The number of hydrogen-bond acceptors (Lipinski definition) is 5. The van der Waals surface area contributed by atoms with Crippen LogP contribution in [0.15, 0.2) is 53.7 Å². The van der Waals surface area contributed by atoms with E-state index in [4.69, 9.17) is 10.00 Å². The average molecular weight is 365 g/mol. The van der Waals surface area contributed by atoms with Gasteiger partial charge in [0.2, 0.25) is 0 Å². The summed E-state index contributed by atoms with van der Waals surface area (Å²) in [6.45, 7) is 5.87. The second-order valence-electron chi connectivity index (χ2n) is 6.22. The molecule has 2 heterocycles. The zero-order chi connectivity index (χ0) is 18.7. The minimum Gasteiger partial charge on any atom is -0.465 e. The molecule has 0 atom stereocenters. The van der Waals surface area contributed by atoms with Gasteiger partial charge in [-0.15, -0.1) is 11.8 Å². The molecule has 0 amide bonds. The SMILES string of the molecule is CCOC(=O)C(C)(C)Sc1ccc2nccn2c1-c1ccc(C#N)cc1. The van der Waals surface area contributed by atoms with E-state index >= 15 is 0 Å². The number of nitriles is 1. The summed E-state index contributed by atoms with van der Waals surface area (Å²) in [4.78, 5) is 17.6. The zero-order valence-electron chi connectivity index (χ0n) is 14.9. The van der Waals surface area contributed by atoms with Gasteiger partial charge in [-0.2, -0.15) is 5.26 Å². The predicted molar refractivity (Wildman–Crippen MR) is 102 cm³/mol. The van der Waals surface area contributed by atoms with Gasteiger partial charge in [-0.25, -0.2) is 4.98 Å². The molecule has 0 aliphatic heterocycles. The molecule has 26 heavy (non-hydrogen) atoms. The molecule has 0 saturated carbocycles. The highest BCUT2D eigenvalue weighted by Crippen LogP contribution is 2.40. The molecule has 3 rings (SSSR count). The number of nitrogens with zero attached hydrogens (tertiary/aromatic N) is 3. The normalized spacial score (nSPS) is 11.3. The van der Waals surface area contributed by atoms with Gasteiger partial charge >= 0.3 is 5.97 Å². The summed E-state index contributed by atoms with van der Waals surface area (Å²) >= 11 is 1.46. The highest BCUT2D eigenvalue weighted by molar-refractivity contribution is 8.01. The van der Waals surface area contributed by atoms with Crippen molar-refractivity contribution in [1.29, 1.82) is 5.26 Å². The summed E-state index contributed by atoms with van der Waals surface area (Å²) < 4.78 is 6.47. The fourth-order valence-electron chi connectivity index (χ4n) is 2.66. The molecule has 0 spiro atoms. The fraction of sp³-hybridized carbons (Fsp3) is 0.250. The number of aromatic nitrogens is 2. The van der Waals surface area contributed by atoms with E-state index in [1.54, 1.807) is 25.3 Å². The highest BCUT2D eigenvalue weighted by Gasteiger charge is 2.32. The number of ether oxygens (including phenoxy) is 1. The number of carbonyl (C=O) groups excluding carboxylic acids is 1. The number of rotatable bonds is 5. The molecule has 0 radical (unpaired) electrons. The fourth-order valence-corrected chi connectivity index (χ4v) is 3.80. The first-order valence-corrected chi connectivity index (χ1v) is 9.10. The van der Waals surface area contributed by atoms with Crippen LogP contribution in [0, 0.1) is 11.3 Å². The lowest BCUT2D eigenvalue weighted by molar-refractivity contribution is -0.145. The third-order valence-corrected chi connectivity index (χ3v) is 5.17. The van der Waals surface area contributed by atoms with Crippen LogP contribution < -0.4 is 0 Å². The van der Waals surface area contributed by atoms with E-state index in [1.807, 2.05) is 48.7 Å². The van der Waals surface area contributed by atoms with Crippen molar-refractivity contribution < 1.29 is 9.53 Å². The maximum Gasteiger partial charge on any atom is 0.321 e. The van der Waals surface area contributed by atoms with Crippen molar-refractivity contribution in [2.75, 3.05) is 6.61 Å². The van der Waals surface area contributed by atoms with Crippen molar-refractivity contribution in [3.63, 3.8) is 0 Å². The zero-order valence-corrected chi connectivity index (χ0v) is 15.7. The lowest BCUT2D eigenvalue weighted by Crippen LogP contribution is -2.30. The summed E-state index contributed by atoms with van der Waals surface area (Å²) in [7, 11) is 0. The van der Waals surface area contributed by atoms with E-state index in [-0.39, 0.29) is 5.97 Å². The van der Waals surface area contributed by atoms with Crippen molar-refractivity contribution in [1.82, 2.24) is 9.38 Å². The molecule has 1 aromatic carbocycles. The summed E-state index contributed by atoms with van der Waals surface area (Å²) in [5.74, 6) is -0.249. The standard InChI is InChI=1S/C20H19N3O2S/c1-4-25-19(24)20(2,3)26-16-9-10-17-22-11-12-23(17)18(16)15-7-5-14(13-21)6-8-15/h5-12H,4H2,1-3H3. The molecule has 0 aliphatic rings. The molecule has 0 N–H and O–H groups in total. The smallest absolute Gasteiger partial charge is 0.321 e. The van der Waals surface area contributed by atoms with E-state index in [0.717, 1.165) is 21.8 Å². The first-order valence-electron chi connectivity index (χ1n) is 8.29. The number of carbonyl (C=O) groups is 1. The summed E-state index contributed by atoms with van der Waals surface area (Å²) in [5.41, 5.74) is 3.32. The van der Waals surface area contributed by atoms with E-state index in [1.165, 1.54) is 11.8 Å². The number of benzene rings is 1. The Morgan fingerprint density at radius 1 is 1.27 bits per heavy atom. The monoisotopic (exact) mass is 365 g/mol. The van der Waals surface area contributed by atoms with E-state index in [9.17, 15) is 4.79 Å². The van der Waals surface area contributed by atoms with Gasteiger partial charge in [0, 0.05) is 17.3 Å². The number of imidazole rings is 1. The van der Waals surface area contributed by atoms with Crippen molar-refractivity contribution in [3.05, 3.63) is 54.4 Å². The second kappa shape index (κ2) is 7.22. The topological polar surface area (TPSA) is 67.4 Å². The third kappa shape index (κ3) is 3.44. The molecule has 3 aromatic rings. The largest absolute Gasteiger partial charge is 0.465 e. The van der Waals surface area contributed by atoms with Crippen molar-refractivity contribution in [2.24, 2.45) is 0 Å². The Kier molecular flexibility index (Phi) is 5.01. The van der Waals surface area contributed by atoms with E-state index in [2.05, 4.69) is 11.1 Å². The molecular formula is C20H19N3O2S. The molecule has 0 bridgehead atoms. The summed E-state index contributed by atoms with van der Waals surface area (Å²) in [5, 5.41) is 9.04. The van der Waals surface area contributed by atoms with Gasteiger partial charge in [-0.3, -0.25) is 9.20 Å². The van der Waals surface area contributed by atoms with Gasteiger partial charge < -0.3 is 4.74 Å². The van der Waals surface area contributed by atoms with Gasteiger partial charge in [0.15, 0.2) is 0 Å². The van der Waals surface area contributed by atoms with Crippen molar-refractivity contribution in [3.8, 4) is 17.3 Å². The number of pyridine rings is 1. The summed E-state index contributed by atoms with van der Waals surface area (Å²) in [6, 6.07) is 13.4. The van der Waals surface area contributed by atoms with Crippen LogP contribution in [-0.4, -0.2) is 26.7 Å². The second-order valence-corrected chi connectivity index (χ2v) is 7.89. The van der Waals surface area contributed by atoms with Gasteiger partial charge in [0.25, 0.3) is 0 Å². The van der Waals surface area contributed by atoms with E-state index < -0.39 is 4.75 Å². The molecular weight excluding hydrogens is 346 g/mol. The van der Waals surface area contributed by atoms with Crippen molar-refractivity contribution >= 4 is 23.4 Å². The number of hydrogen-bond donors (Lipinski definition) is 0. The molecule has 0 saturated heterocycles. The van der Waals surface area contributed by atoms with Crippen LogP contribution in [0.4, 0.5) is 0 Å². The Labute approximate surface area is 156 Å². The average Bonchev–Trinajstić information content (AvgIpc) is 3.10. The summed E-state index contributed by atoms with van der Waals surface area (Å²) in [6.07, 6.45) is 3.64. The predicted octanol–water partition coefficient (Wildman–Crippen LogP) is 4.31. The van der Waals surface area contributed by atoms with Crippen LogP contribution in [0.25, 0.3) is 16.9 Å². The van der Waals surface area contributed by atoms with Gasteiger partial charge in [0.05, 0.1) is 23.9 Å². The Morgan fingerprint density at radius 2 is 2.00 bits per heavy atom. The molecule has 5 nitrogen and oxygen atoms in total. The Balaban J connectivity index is 2.11. The minimum absolute atomic E-state index is 0.249. The van der Waals surface area contributed by atoms with Crippen LogP contribution in [0.2, 0.25) is 0 Å². The lowest BCUT2D eigenvalue weighted by atomic mass is 10.1. The molecule has 132 valence electrons. The Bertz CT molecular complexity index is 984. The van der Waals surface area contributed by atoms with Crippen LogP contribution in [0.3, 0.4) is 0 Å². The minimum atomic E-state index is -0.731. The first kappa shape index (κ1) is 18.0. The maximum absolute atomic E-state index is 12.3.